The van der Waals surface area contributed by atoms with E-state index in [1.54, 1.807) is 6.20 Å². The summed E-state index contributed by atoms with van der Waals surface area (Å²) in [6.45, 7) is 7.84. The lowest BCUT2D eigenvalue weighted by Gasteiger charge is -2.40. The Labute approximate surface area is 244 Å². The van der Waals surface area contributed by atoms with E-state index in [0.717, 1.165) is 46.8 Å². The molecule has 1 unspecified atom stereocenters. The van der Waals surface area contributed by atoms with Crippen molar-refractivity contribution < 1.29 is 22.6 Å². The molecule has 14 heteroatoms. The molecule has 2 fully saturated rings. The van der Waals surface area contributed by atoms with E-state index >= 15 is 0 Å². The van der Waals surface area contributed by atoms with Gasteiger partial charge in [-0.3, -0.25) is 5.10 Å². The highest BCUT2D eigenvalue weighted by molar-refractivity contribution is 7.92. The topological polar surface area (TPSA) is 150 Å². The molecule has 1 aromatic carbocycles. The predicted octanol–water partition coefficient (Wildman–Crippen LogP) is 2.52. The van der Waals surface area contributed by atoms with Gasteiger partial charge < -0.3 is 24.0 Å². The van der Waals surface area contributed by atoms with Crippen LogP contribution in [0.1, 0.15) is 36.5 Å². The average molecular weight is 595 g/mol. The normalized spacial score (nSPS) is 23.2. The van der Waals surface area contributed by atoms with E-state index in [0.29, 0.717) is 24.7 Å². The van der Waals surface area contributed by atoms with Crippen molar-refractivity contribution in [3.8, 4) is 23.7 Å². The Kier molecular flexibility index (Phi) is 7.65. The number of likely N-dealkylation sites (tertiary alicyclic amines) is 1. The van der Waals surface area contributed by atoms with Gasteiger partial charge in [-0.05, 0) is 45.0 Å². The first-order chi connectivity index (χ1) is 20.3. The molecular weight excluding hydrogens is 560 g/mol. The number of sulfonamides is 1. The Bertz CT molecular complexity index is 1640. The number of likely N-dealkylation sites (N-methyl/N-ethyl adjacent to an activating group) is 1. The number of piperazine rings is 1. The quantitative estimate of drug-likeness (QED) is 0.410. The van der Waals surface area contributed by atoms with Crippen molar-refractivity contribution in [3.05, 3.63) is 41.4 Å². The third kappa shape index (κ3) is 5.23. The summed E-state index contributed by atoms with van der Waals surface area (Å²) >= 11 is 0. The van der Waals surface area contributed by atoms with Crippen molar-refractivity contribution in [3.63, 3.8) is 0 Å². The van der Waals surface area contributed by atoms with Crippen LogP contribution >= 0.6 is 0 Å². The van der Waals surface area contributed by atoms with Crippen molar-refractivity contribution >= 4 is 26.7 Å². The largest absolute Gasteiger partial charge is 0.481 e. The Morgan fingerprint density at radius 2 is 2.12 bits per heavy atom. The highest BCUT2D eigenvalue weighted by atomic mass is 32.2. The molecular formula is C28H34N8O5S. The summed E-state index contributed by atoms with van der Waals surface area (Å²) in [5, 5.41) is 18.5. The molecule has 2 saturated heterocycles. The summed E-state index contributed by atoms with van der Waals surface area (Å²) in [6, 6.07) is 5.93. The zero-order chi connectivity index (χ0) is 29.4. The van der Waals surface area contributed by atoms with Gasteiger partial charge in [-0.15, -0.1) is 0 Å². The second-order valence-corrected chi connectivity index (χ2v) is 12.7. The van der Waals surface area contributed by atoms with Crippen LogP contribution < -0.4 is 19.1 Å². The molecule has 222 valence electrons. The molecule has 13 nitrogen and oxygen atoms in total. The second-order valence-electron chi connectivity index (χ2n) is 10.9. The predicted molar refractivity (Wildman–Crippen MR) is 155 cm³/mol. The third-order valence-electron chi connectivity index (χ3n) is 8.30. The maximum Gasteiger partial charge on any atom is 0.322 e. The molecule has 2 aromatic heterocycles. The maximum absolute atomic E-state index is 12.7. The van der Waals surface area contributed by atoms with Gasteiger partial charge in [0.05, 0.1) is 30.2 Å². The molecule has 1 N–H and O–H groups in total. The van der Waals surface area contributed by atoms with Gasteiger partial charge in [0.25, 0.3) is 5.88 Å². The fourth-order valence-corrected chi connectivity index (χ4v) is 7.11. The number of aromatic amines is 1. The van der Waals surface area contributed by atoms with E-state index < -0.39 is 22.2 Å². The summed E-state index contributed by atoms with van der Waals surface area (Å²) in [4.78, 5) is 13.5. The van der Waals surface area contributed by atoms with Crippen LogP contribution in [0.5, 0.6) is 17.6 Å². The van der Waals surface area contributed by atoms with Crippen LogP contribution in [0.15, 0.2) is 30.3 Å². The van der Waals surface area contributed by atoms with Gasteiger partial charge in [-0.1, -0.05) is 12.6 Å². The maximum atomic E-state index is 12.7. The van der Waals surface area contributed by atoms with Gasteiger partial charge in [-0.2, -0.15) is 24.6 Å². The molecule has 3 aliphatic heterocycles. The average Bonchev–Trinajstić information content (AvgIpc) is 3.64. The number of aromatic nitrogens is 4. The number of rotatable bonds is 8. The summed E-state index contributed by atoms with van der Waals surface area (Å²) in [7, 11) is -1.63. The molecule has 0 aliphatic carbocycles. The van der Waals surface area contributed by atoms with E-state index in [2.05, 4.69) is 39.8 Å². The van der Waals surface area contributed by atoms with Crippen LogP contribution in [-0.4, -0.2) is 96.3 Å². The van der Waals surface area contributed by atoms with E-state index in [1.807, 2.05) is 24.0 Å². The van der Waals surface area contributed by atoms with Gasteiger partial charge in [0.15, 0.2) is 11.9 Å². The molecule has 0 spiro atoms. The number of aryl methyl sites for hydroxylation is 1. The Hall–Kier alpha value is -3.93. The molecule has 42 heavy (non-hydrogen) atoms. The molecule has 0 radical (unpaired) electrons. The van der Waals surface area contributed by atoms with Crippen molar-refractivity contribution in [2.45, 2.75) is 44.4 Å². The molecule has 0 saturated carbocycles. The zero-order valence-corrected chi connectivity index (χ0v) is 24.5. The smallest absolute Gasteiger partial charge is 0.322 e. The standard InChI is InChI=1S/C28H34N8O5S/c1-4-42(37,38)36-13-12-35(15-19(36)9-10-29)26-25-27(32-28(31-26)40-16-20-6-5-11-34(20)3)41-23(17-39-25)24-18(2)7-8-22-21(24)14-30-33-22/h4,7-8,14,19-20,23H,1,5-6,9,11-13,15-17H2,2-3H3,(H,30,33)/t19-,20-,23?/m0/s1. The van der Waals surface area contributed by atoms with Crippen LogP contribution in [0.25, 0.3) is 10.9 Å². The fraction of sp³-hybridized carbons (Fsp3) is 0.500. The van der Waals surface area contributed by atoms with Gasteiger partial charge in [0, 0.05) is 42.0 Å². The SMILES string of the molecule is C=CS(=O)(=O)N1CCN(c2nc(OC[C@@H]3CCCN3C)nc3c2OCC(c2c(C)ccc4[nH]ncc24)O3)C[C@@H]1CC#N. The monoisotopic (exact) mass is 594 g/mol. The number of nitriles is 1. The fourth-order valence-electron chi connectivity index (χ4n) is 6.02. The van der Waals surface area contributed by atoms with Crippen LogP contribution in [0.3, 0.4) is 0 Å². The van der Waals surface area contributed by atoms with E-state index in [1.165, 1.54) is 4.31 Å². The third-order valence-corrected chi connectivity index (χ3v) is 9.86. The minimum Gasteiger partial charge on any atom is -0.481 e. The molecule has 3 atom stereocenters. The number of benzene rings is 1. The molecule has 0 amide bonds. The van der Waals surface area contributed by atoms with Gasteiger partial charge in [0.1, 0.15) is 13.2 Å². The number of hydrogen-bond donors (Lipinski definition) is 1. The summed E-state index contributed by atoms with van der Waals surface area (Å²) < 4.78 is 45.6. The van der Waals surface area contributed by atoms with Gasteiger partial charge in [-0.25, -0.2) is 8.42 Å². The molecule has 3 aliphatic rings. The number of H-pyrrole nitrogens is 1. The first-order valence-corrected chi connectivity index (χ1v) is 15.5. The minimum atomic E-state index is -3.71. The lowest BCUT2D eigenvalue weighted by Crippen LogP contribution is -2.55. The van der Waals surface area contributed by atoms with Crippen LogP contribution in [-0.2, 0) is 10.0 Å². The van der Waals surface area contributed by atoms with E-state index in [9.17, 15) is 13.7 Å². The van der Waals surface area contributed by atoms with Crippen LogP contribution in [0, 0.1) is 18.3 Å². The zero-order valence-electron chi connectivity index (χ0n) is 23.7. The van der Waals surface area contributed by atoms with Gasteiger partial charge in [0.2, 0.25) is 15.8 Å². The van der Waals surface area contributed by atoms with Crippen molar-refractivity contribution in [1.29, 1.82) is 5.26 Å². The number of ether oxygens (including phenoxy) is 3. The Morgan fingerprint density at radius 3 is 2.88 bits per heavy atom. The first kappa shape index (κ1) is 28.2. The Morgan fingerprint density at radius 1 is 1.26 bits per heavy atom. The number of nitrogens with one attached hydrogen (secondary N) is 1. The van der Waals surface area contributed by atoms with Gasteiger partial charge >= 0.3 is 6.01 Å². The molecule has 6 rings (SSSR count). The van der Waals surface area contributed by atoms with Crippen molar-refractivity contribution in [1.82, 2.24) is 29.4 Å². The number of anilines is 1. The summed E-state index contributed by atoms with van der Waals surface area (Å²) in [6.07, 6.45) is 3.48. The van der Waals surface area contributed by atoms with E-state index in [4.69, 9.17) is 19.2 Å². The van der Waals surface area contributed by atoms with Crippen molar-refractivity contribution in [2.75, 3.05) is 51.3 Å². The lowest BCUT2D eigenvalue weighted by atomic mass is 9.99. The molecule has 3 aromatic rings. The summed E-state index contributed by atoms with van der Waals surface area (Å²) in [5.41, 5.74) is 2.89. The van der Waals surface area contributed by atoms with Crippen LogP contribution in [0.4, 0.5) is 5.82 Å². The lowest BCUT2D eigenvalue weighted by molar-refractivity contribution is 0.0826. The van der Waals surface area contributed by atoms with Crippen molar-refractivity contribution in [2.24, 2.45) is 0 Å². The summed E-state index contributed by atoms with van der Waals surface area (Å²) in [5.74, 6) is 1.07. The highest BCUT2D eigenvalue weighted by Gasteiger charge is 2.38. The number of nitrogens with zero attached hydrogens (tertiary/aromatic N) is 7. The number of hydrogen-bond acceptors (Lipinski definition) is 11. The second kappa shape index (κ2) is 11.4. The highest BCUT2D eigenvalue weighted by Crippen LogP contribution is 2.44. The molecule has 0 bridgehead atoms. The Balaban J connectivity index is 1.34. The van der Waals surface area contributed by atoms with E-state index in [-0.39, 0.29) is 44.0 Å². The molecule has 5 heterocycles. The first-order valence-electron chi connectivity index (χ1n) is 14.0. The minimum absolute atomic E-state index is 0.0155. The number of fused-ring (bicyclic) bond motifs is 2. The van der Waals surface area contributed by atoms with Crippen LogP contribution in [0.2, 0.25) is 0 Å².